The molecule has 2 saturated carbocycles. The lowest BCUT2D eigenvalue weighted by Crippen LogP contribution is -2.59. The van der Waals surface area contributed by atoms with E-state index in [2.05, 4.69) is 20.3 Å². The molecule has 3 heterocycles. The number of hydrogen-bond donors (Lipinski definition) is 3. The normalized spacial score (nSPS) is 29.2. The van der Waals surface area contributed by atoms with Crippen molar-refractivity contribution in [3.05, 3.63) is 41.4 Å². The number of carbonyl (C=O) groups is 4. The van der Waals surface area contributed by atoms with Crippen molar-refractivity contribution in [3.8, 4) is 11.8 Å². The minimum absolute atomic E-state index is 0.0440. The predicted molar refractivity (Wildman–Crippen MR) is 211 cm³/mol. The summed E-state index contributed by atoms with van der Waals surface area (Å²) in [5.41, 5.74) is -2.49. The van der Waals surface area contributed by atoms with Gasteiger partial charge in [0.1, 0.15) is 29.3 Å². The average molecular weight is 852 g/mol. The molecule has 1 aromatic heterocycles. The lowest BCUT2D eigenvalue weighted by Gasteiger charge is -2.33. The molecule has 1 aromatic carbocycles. The predicted octanol–water partition coefficient (Wildman–Crippen LogP) is 5.66. The van der Waals surface area contributed by atoms with Gasteiger partial charge in [0, 0.05) is 34.2 Å². The smallest absolute Gasteiger partial charge is 0.408 e. The summed E-state index contributed by atoms with van der Waals surface area (Å²) in [6.45, 7) is 9.38. The first-order valence-electron chi connectivity index (χ1n) is 19.6. The fourth-order valence-electron chi connectivity index (χ4n) is 7.69. The number of amides is 4. The van der Waals surface area contributed by atoms with Crippen LogP contribution in [0.2, 0.25) is 5.02 Å². The van der Waals surface area contributed by atoms with Gasteiger partial charge in [0.05, 0.1) is 11.3 Å². The molecule has 3 fully saturated rings. The van der Waals surface area contributed by atoms with Crippen LogP contribution in [0.5, 0.6) is 11.8 Å². The van der Waals surface area contributed by atoms with Gasteiger partial charge in [-0.1, -0.05) is 43.7 Å². The molecule has 1 saturated heterocycles. The molecule has 0 spiro atoms. The molecule has 0 bridgehead atoms. The molecule has 4 amide bonds. The first kappa shape index (κ1) is 43.3. The lowest BCUT2D eigenvalue weighted by molar-refractivity contribution is -0.142. The van der Waals surface area contributed by atoms with Gasteiger partial charge in [0.15, 0.2) is 6.61 Å². The van der Waals surface area contributed by atoms with E-state index in [1.54, 1.807) is 45.9 Å². The fraction of sp³-hybridized carbons (Fsp3) is 0.625. The number of halogens is 3. The number of carbonyl (C=O) groups excluding carboxylic acids is 4. The van der Waals surface area contributed by atoms with Crippen LogP contribution < -0.4 is 24.8 Å². The van der Waals surface area contributed by atoms with Gasteiger partial charge in [-0.05, 0) is 90.2 Å². The first-order valence-corrected chi connectivity index (χ1v) is 21.5. The third kappa shape index (κ3) is 9.61. The Morgan fingerprint density at radius 2 is 1.86 bits per heavy atom. The van der Waals surface area contributed by atoms with Crippen LogP contribution in [0.4, 0.5) is 13.6 Å². The maximum atomic E-state index is 14.8. The maximum absolute atomic E-state index is 14.8. The molecule has 2 aliphatic carbocycles. The Bertz CT molecular complexity index is 2080. The summed E-state index contributed by atoms with van der Waals surface area (Å²) < 4.78 is 71.0. The van der Waals surface area contributed by atoms with Crippen LogP contribution in [-0.2, 0) is 29.1 Å². The number of alkyl halides is 2. The van der Waals surface area contributed by atoms with Crippen molar-refractivity contribution in [2.75, 3.05) is 13.2 Å². The minimum Gasteiger partial charge on any atom is -0.472 e. The SMILES string of the molecule is C[C@H]1CC/C=C\C2C[C@@]2(C(=O)NS(=O)(=O)C2(C)CC2)NC(=O)[C@@H]2C[C@@H](Oc3nc(OCC(F)F)cc4c(Cl)cccc34)CN2C(=O)[C@@H](NC(=O)OC(C)(C)C)[C@H](C)C1. The molecular weight excluding hydrogens is 800 g/mol. The minimum atomic E-state index is -4.06. The standard InChI is InChI=1S/C40H52ClF2N5O9S/c1-22-10-7-8-11-24-19-40(24,36(51)47-58(53,54)39(6)14-15-39)46-33(49)29-17-25(20-48(29)35(50)32(23(2)16-22)45-37(52)57-38(3,4)5)56-34-26-12-9-13-28(41)27(26)18-31(44-34)55-21-30(42)43/h8-9,11-13,18,22-25,29-30,32H,7,10,14-17,19-21H2,1-6H3,(H,45,52)(H,46,49)(H,47,51)/b11-8-/t22-,23+,24?,25+,29-,32-,40+/m0/s1. The Morgan fingerprint density at radius 3 is 2.53 bits per heavy atom. The summed E-state index contributed by atoms with van der Waals surface area (Å²) in [6, 6.07) is 3.91. The van der Waals surface area contributed by atoms with Gasteiger partial charge in [0.2, 0.25) is 33.6 Å². The molecule has 2 aromatic rings. The number of allylic oxidation sites excluding steroid dienone is 1. The molecule has 4 aliphatic rings. The average Bonchev–Trinajstić information content (AvgIpc) is 4.00. The van der Waals surface area contributed by atoms with E-state index in [4.69, 9.17) is 25.8 Å². The molecule has 1 unspecified atom stereocenters. The number of nitrogens with zero attached hydrogens (tertiary/aromatic N) is 2. The van der Waals surface area contributed by atoms with Crippen molar-refractivity contribution in [1.82, 2.24) is 25.2 Å². The molecule has 2 aliphatic heterocycles. The third-order valence-corrected chi connectivity index (χ3v) is 13.8. The van der Waals surface area contributed by atoms with E-state index >= 15 is 0 Å². The van der Waals surface area contributed by atoms with Gasteiger partial charge in [0.25, 0.3) is 12.3 Å². The lowest BCUT2D eigenvalue weighted by atomic mass is 9.88. The highest BCUT2D eigenvalue weighted by Crippen LogP contribution is 2.48. The van der Waals surface area contributed by atoms with Crippen LogP contribution in [-0.4, -0.2) is 95.8 Å². The van der Waals surface area contributed by atoms with Gasteiger partial charge in [-0.3, -0.25) is 19.1 Å². The number of alkyl carbamates (subject to hydrolysis) is 1. The topological polar surface area (TPSA) is 182 Å². The van der Waals surface area contributed by atoms with Gasteiger partial charge < -0.3 is 29.7 Å². The summed E-state index contributed by atoms with van der Waals surface area (Å²) in [7, 11) is -4.06. The zero-order valence-electron chi connectivity index (χ0n) is 33.5. The second-order valence-electron chi connectivity index (χ2n) is 17.4. The largest absolute Gasteiger partial charge is 0.472 e. The Hall–Kier alpha value is -4.25. The second kappa shape index (κ2) is 16.4. The van der Waals surface area contributed by atoms with Gasteiger partial charge in [-0.15, -0.1) is 0 Å². The number of rotatable bonds is 9. The van der Waals surface area contributed by atoms with E-state index in [1.807, 2.05) is 26.0 Å². The van der Waals surface area contributed by atoms with Gasteiger partial charge >= 0.3 is 6.09 Å². The van der Waals surface area contributed by atoms with E-state index in [1.165, 1.54) is 11.0 Å². The summed E-state index contributed by atoms with van der Waals surface area (Å²) in [5.74, 6) is -3.28. The quantitative estimate of drug-likeness (QED) is 0.267. The highest BCUT2D eigenvalue weighted by Gasteiger charge is 2.63. The number of sulfonamides is 1. The molecule has 14 nitrogen and oxygen atoms in total. The molecule has 6 rings (SSSR count). The number of ether oxygens (including phenoxy) is 3. The first-order chi connectivity index (χ1) is 27.1. The van der Waals surface area contributed by atoms with Crippen molar-refractivity contribution < 1.29 is 50.6 Å². The number of benzene rings is 1. The Labute approximate surface area is 342 Å². The zero-order valence-corrected chi connectivity index (χ0v) is 35.1. The fourth-order valence-corrected chi connectivity index (χ4v) is 9.23. The second-order valence-corrected chi connectivity index (χ2v) is 20.0. The summed E-state index contributed by atoms with van der Waals surface area (Å²) in [5, 5.41) is 6.68. The van der Waals surface area contributed by atoms with Crippen LogP contribution >= 0.6 is 11.6 Å². The Kier molecular flexibility index (Phi) is 12.3. The molecule has 0 radical (unpaired) electrons. The van der Waals surface area contributed by atoms with Crippen LogP contribution in [0.25, 0.3) is 10.8 Å². The van der Waals surface area contributed by atoms with E-state index in [0.717, 1.165) is 0 Å². The van der Waals surface area contributed by atoms with Crippen molar-refractivity contribution in [2.24, 2.45) is 17.8 Å². The van der Waals surface area contributed by atoms with E-state index in [-0.39, 0.29) is 42.1 Å². The van der Waals surface area contributed by atoms with Crippen molar-refractivity contribution >= 4 is 56.2 Å². The summed E-state index contributed by atoms with van der Waals surface area (Å²) >= 11 is 6.48. The van der Waals surface area contributed by atoms with Crippen LogP contribution in [0, 0.1) is 17.8 Å². The highest BCUT2D eigenvalue weighted by molar-refractivity contribution is 7.91. The monoisotopic (exact) mass is 851 g/mol. The van der Waals surface area contributed by atoms with E-state index in [9.17, 15) is 36.4 Å². The Balaban J connectivity index is 1.37. The number of fused-ring (bicyclic) bond motifs is 3. The van der Waals surface area contributed by atoms with Crippen LogP contribution in [0.1, 0.15) is 86.5 Å². The summed E-state index contributed by atoms with van der Waals surface area (Å²) in [4.78, 5) is 62.2. The number of pyridine rings is 1. The molecule has 318 valence electrons. The molecular formula is C40H52ClF2N5O9S. The zero-order chi connectivity index (χ0) is 42.4. The van der Waals surface area contributed by atoms with Gasteiger partial charge in [-0.2, -0.15) is 4.98 Å². The Morgan fingerprint density at radius 1 is 1.14 bits per heavy atom. The highest BCUT2D eigenvalue weighted by atomic mass is 35.5. The number of nitrogens with one attached hydrogen (secondary N) is 3. The number of aromatic nitrogens is 1. The van der Waals surface area contributed by atoms with Crippen LogP contribution in [0.15, 0.2) is 36.4 Å². The maximum Gasteiger partial charge on any atom is 0.408 e. The van der Waals surface area contributed by atoms with Crippen molar-refractivity contribution in [2.45, 2.75) is 127 Å². The molecule has 3 N–H and O–H groups in total. The molecule has 7 atom stereocenters. The van der Waals surface area contributed by atoms with Gasteiger partial charge in [-0.25, -0.2) is 22.0 Å². The molecule has 58 heavy (non-hydrogen) atoms. The van der Waals surface area contributed by atoms with E-state index < -0.39 is 92.8 Å². The van der Waals surface area contributed by atoms with Crippen LogP contribution in [0.3, 0.4) is 0 Å². The van der Waals surface area contributed by atoms with Crippen molar-refractivity contribution in [1.29, 1.82) is 0 Å². The number of hydrogen-bond acceptors (Lipinski definition) is 10. The third-order valence-electron chi connectivity index (χ3n) is 11.3. The summed E-state index contributed by atoms with van der Waals surface area (Å²) in [6.07, 6.45) is 1.87. The van der Waals surface area contributed by atoms with Crippen molar-refractivity contribution in [3.63, 3.8) is 0 Å². The van der Waals surface area contributed by atoms with E-state index in [0.29, 0.717) is 42.9 Å². The molecule has 18 heteroatoms.